The van der Waals surface area contributed by atoms with Gasteiger partial charge in [-0.15, -0.1) is 0 Å². The Hall–Kier alpha value is -2.01. The molecule has 5 heteroatoms. The van der Waals surface area contributed by atoms with Gasteiger partial charge in [0.1, 0.15) is 5.75 Å². The zero-order valence-electron chi connectivity index (χ0n) is 10.2. The Kier molecular flexibility index (Phi) is 3.53. The minimum Gasteiger partial charge on any atom is -0.508 e. The molecule has 0 spiro atoms. The highest BCUT2D eigenvalue weighted by Crippen LogP contribution is 2.25. The van der Waals surface area contributed by atoms with Gasteiger partial charge in [-0.3, -0.25) is 0 Å². The lowest BCUT2D eigenvalue weighted by atomic mass is 10.1. The van der Waals surface area contributed by atoms with Gasteiger partial charge in [0.25, 0.3) is 0 Å². The molecule has 2 aromatic rings. The molecule has 18 heavy (non-hydrogen) atoms. The van der Waals surface area contributed by atoms with Crippen LogP contribution in [0.4, 0.5) is 0 Å². The van der Waals surface area contributed by atoms with Crippen molar-refractivity contribution in [3.05, 3.63) is 30.0 Å². The van der Waals surface area contributed by atoms with Gasteiger partial charge in [0.2, 0.25) is 0 Å². The lowest BCUT2D eigenvalue weighted by Crippen LogP contribution is -2.17. The number of carbonyl (C=O) groups is 1. The molecule has 0 atom stereocenters. The largest absolute Gasteiger partial charge is 0.508 e. The molecule has 1 aromatic heterocycles. The Morgan fingerprint density at radius 3 is 2.94 bits per heavy atom. The second-order valence-electron chi connectivity index (χ2n) is 4.04. The second kappa shape index (κ2) is 5.10. The number of carbonyl (C=O) groups excluding carboxylic acids is 1. The number of hydrogen-bond acceptors (Lipinski definition) is 4. The van der Waals surface area contributed by atoms with Crippen LogP contribution in [0.3, 0.4) is 0 Å². The van der Waals surface area contributed by atoms with Crippen LogP contribution in [0.1, 0.15) is 18.9 Å². The highest BCUT2D eigenvalue weighted by atomic mass is 16.7. The SMILES string of the molecule is CCC(=O)On1cc(CCN)c2cc(O)ccc21. The average molecular weight is 248 g/mol. The summed E-state index contributed by atoms with van der Waals surface area (Å²) in [5.74, 6) is -0.125. The number of nitrogens with zero attached hydrogens (tertiary/aromatic N) is 1. The van der Waals surface area contributed by atoms with Gasteiger partial charge in [-0.05, 0) is 36.7 Å². The van der Waals surface area contributed by atoms with Gasteiger partial charge >= 0.3 is 5.97 Å². The van der Waals surface area contributed by atoms with Crippen molar-refractivity contribution in [3.8, 4) is 5.75 Å². The Morgan fingerprint density at radius 1 is 1.50 bits per heavy atom. The van der Waals surface area contributed by atoms with E-state index in [9.17, 15) is 9.90 Å². The first-order valence-electron chi connectivity index (χ1n) is 5.90. The van der Waals surface area contributed by atoms with Gasteiger partial charge in [-0.25, -0.2) is 4.79 Å². The maximum Gasteiger partial charge on any atom is 0.332 e. The monoisotopic (exact) mass is 248 g/mol. The summed E-state index contributed by atoms with van der Waals surface area (Å²) in [6.07, 6.45) is 2.71. The Labute approximate surface area is 105 Å². The van der Waals surface area contributed by atoms with Crippen molar-refractivity contribution in [2.45, 2.75) is 19.8 Å². The van der Waals surface area contributed by atoms with Gasteiger partial charge in [-0.1, -0.05) is 6.92 Å². The first kappa shape index (κ1) is 12.4. The van der Waals surface area contributed by atoms with Crippen LogP contribution in [-0.2, 0) is 11.2 Å². The van der Waals surface area contributed by atoms with E-state index in [4.69, 9.17) is 10.6 Å². The summed E-state index contributed by atoms with van der Waals surface area (Å²) in [4.78, 5) is 16.5. The van der Waals surface area contributed by atoms with Gasteiger partial charge in [0.15, 0.2) is 0 Å². The molecular formula is C13H16N2O3. The third-order valence-electron chi connectivity index (χ3n) is 2.74. The van der Waals surface area contributed by atoms with Crippen LogP contribution in [0.2, 0.25) is 0 Å². The van der Waals surface area contributed by atoms with E-state index in [1.165, 1.54) is 4.73 Å². The highest BCUT2D eigenvalue weighted by Gasteiger charge is 2.11. The first-order chi connectivity index (χ1) is 8.65. The molecule has 2 rings (SSSR count). The van der Waals surface area contributed by atoms with Crippen LogP contribution >= 0.6 is 0 Å². The fraction of sp³-hybridized carbons (Fsp3) is 0.308. The molecular weight excluding hydrogens is 232 g/mol. The summed E-state index contributed by atoms with van der Waals surface area (Å²) in [6.45, 7) is 2.23. The predicted molar refractivity (Wildman–Crippen MR) is 68.2 cm³/mol. The first-order valence-corrected chi connectivity index (χ1v) is 5.90. The Balaban J connectivity index is 2.50. The predicted octanol–water partition coefficient (Wildman–Crippen LogP) is 1.21. The molecule has 0 fully saturated rings. The quantitative estimate of drug-likeness (QED) is 0.852. The van der Waals surface area contributed by atoms with Crippen LogP contribution in [-0.4, -0.2) is 22.4 Å². The van der Waals surface area contributed by atoms with E-state index in [2.05, 4.69) is 0 Å². The van der Waals surface area contributed by atoms with Crippen LogP contribution in [0, 0.1) is 0 Å². The molecule has 96 valence electrons. The minimum atomic E-state index is -0.306. The summed E-state index contributed by atoms with van der Waals surface area (Å²) >= 11 is 0. The summed E-state index contributed by atoms with van der Waals surface area (Å²) in [6, 6.07) is 4.93. The summed E-state index contributed by atoms with van der Waals surface area (Å²) in [5, 5.41) is 10.4. The van der Waals surface area contributed by atoms with E-state index in [0.29, 0.717) is 19.4 Å². The summed E-state index contributed by atoms with van der Waals surface area (Å²) in [7, 11) is 0. The lowest BCUT2D eigenvalue weighted by molar-refractivity contribution is -0.143. The molecule has 0 saturated carbocycles. The van der Waals surface area contributed by atoms with Gasteiger partial charge in [0.05, 0.1) is 5.52 Å². The molecule has 0 aliphatic heterocycles. The number of aromatic nitrogens is 1. The maximum absolute atomic E-state index is 11.3. The van der Waals surface area contributed by atoms with E-state index < -0.39 is 0 Å². The Bertz CT molecular complexity index is 575. The van der Waals surface area contributed by atoms with Crippen molar-refractivity contribution in [1.82, 2.24) is 4.73 Å². The Morgan fingerprint density at radius 2 is 2.28 bits per heavy atom. The zero-order chi connectivity index (χ0) is 13.1. The molecule has 0 bridgehead atoms. The smallest absolute Gasteiger partial charge is 0.332 e. The molecule has 1 aromatic carbocycles. The molecule has 0 radical (unpaired) electrons. The highest BCUT2D eigenvalue weighted by molar-refractivity contribution is 5.85. The number of phenolic OH excluding ortho intramolecular Hbond substituents is 1. The number of benzene rings is 1. The normalized spacial score (nSPS) is 10.8. The van der Waals surface area contributed by atoms with Crippen molar-refractivity contribution in [3.63, 3.8) is 0 Å². The summed E-state index contributed by atoms with van der Waals surface area (Å²) in [5.41, 5.74) is 7.25. The van der Waals surface area contributed by atoms with Crippen LogP contribution in [0.5, 0.6) is 5.75 Å². The van der Waals surface area contributed by atoms with Crippen molar-refractivity contribution in [2.75, 3.05) is 6.54 Å². The third kappa shape index (κ3) is 2.31. The number of rotatable bonds is 4. The van der Waals surface area contributed by atoms with Gasteiger partial charge in [-0.2, -0.15) is 4.73 Å². The van der Waals surface area contributed by atoms with Crippen molar-refractivity contribution < 1.29 is 14.7 Å². The molecule has 0 unspecified atom stereocenters. The second-order valence-corrected chi connectivity index (χ2v) is 4.04. The molecule has 0 aliphatic carbocycles. The average Bonchev–Trinajstić information content (AvgIpc) is 2.67. The number of hydrogen-bond donors (Lipinski definition) is 2. The van der Waals surface area contributed by atoms with Crippen LogP contribution < -0.4 is 10.6 Å². The van der Waals surface area contributed by atoms with Gasteiger partial charge < -0.3 is 15.7 Å². The minimum absolute atomic E-state index is 0.181. The number of aromatic hydroxyl groups is 1. The van der Waals surface area contributed by atoms with E-state index in [1.807, 2.05) is 0 Å². The van der Waals surface area contributed by atoms with Crippen LogP contribution in [0.15, 0.2) is 24.4 Å². The molecule has 3 N–H and O–H groups in total. The standard InChI is InChI=1S/C13H16N2O3/c1-2-13(17)18-15-8-9(5-6-14)11-7-10(16)3-4-12(11)15/h3-4,7-8,16H,2,5-6,14H2,1H3. The van der Waals surface area contributed by atoms with Crippen molar-refractivity contribution >= 4 is 16.9 Å². The molecule has 0 saturated heterocycles. The van der Waals surface area contributed by atoms with E-state index >= 15 is 0 Å². The number of nitrogens with two attached hydrogens (primary N) is 1. The van der Waals surface area contributed by atoms with Gasteiger partial charge in [0, 0.05) is 18.0 Å². The number of fused-ring (bicyclic) bond motifs is 1. The fourth-order valence-electron chi connectivity index (χ4n) is 1.86. The summed E-state index contributed by atoms with van der Waals surface area (Å²) < 4.78 is 1.44. The zero-order valence-corrected chi connectivity index (χ0v) is 10.2. The van der Waals surface area contributed by atoms with E-state index in [0.717, 1.165) is 16.5 Å². The number of phenols is 1. The fourth-order valence-corrected chi connectivity index (χ4v) is 1.86. The lowest BCUT2D eigenvalue weighted by Gasteiger charge is -2.04. The van der Waals surface area contributed by atoms with Crippen LogP contribution in [0.25, 0.3) is 10.9 Å². The van der Waals surface area contributed by atoms with Crippen molar-refractivity contribution in [2.24, 2.45) is 5.73 Å². The van der Waals surface area contributed by atoms with E-state index in [1.54, 1.807) is 31.3 Å². The molecule has 5 nitrogen and oxygen atoms in total. The van der Waals surface area contributed by atoms with E-state index in [-0.39, 0.29) is 11.7 Å². The maximum atomic E-state index is 11.3. The third-order valence-corrected chi connectivity index (χ3v) is 2.74. The molecule has 0 aliphatic rings. The molecule has 1 heterocycles. The topological polar surface area (TPSA) is 77.5 Å². The van der Waals surface area contributed by atoms with Crippen molar-refractivity contribution in [1.29, 1.82) is 0 Å². The molecule has 0 amide bonds.